The number of rotatable bonds is 7. The smallest absolute Gasteiger partial charge is 0.244 e. The van der Waals surface area contributed by atoms with Crippen LogP contribution >= 0.6 is 11.6 Å². The van der Waals surface area contributed by atoms with Gasteiger partial charge in [-0.3, -0.25) is 9.10 Å². The number of amides is 1. The molecule has 0 spiro atoms. The summed E-state index contributed by atoms with van der Waals surface area (Å²) in [5, 5.41) is 3.34. The number of benzene rings is 2. The molecule has 26 heavy (non-hydrogen) atoms. The second-order valence-corrected chi connectivity index (χ2v) is 8.39. The number of hydrogen-bond donors (Lipinski definition) is 1. The van der Waals surface area contributed by atoms with Crippen molar-refractivity contribution in [1.29, 1.82) is 0 Å². The first-order chi connectivity index (χ1) is 12.2. The van der Waals surface area contributed by atoms with Gasteiger partial charge in [-0.25, -0.2) is 8.42 Å². The van der Waals surface area contributed by atoms with Gasteiger partial charge in [0.05, 0.1) is 18.0 Å². The molecule has 0 saturated heterocycles. The van der Waals surface area contributed by atoms with Crippen LogP contribution in [0.5, 0.6) is 0 Å². The molecular weight excluding hydrogens is 372 g/mol. The van der Waals surface area contributed by atoms with Crippen molar-refractivity contribution in [3.63, 3.8) is 0 Å². The Bertz CT molecular complexity index is 856. The number of carbonyl (C=O) groups excluding carboxylic acids is 1. The lowest BCUT2D eigenvalue weighted by atomic mass is 10.0. The van der Waals surface area contributed by atoms with E-state index in [1.165, 1.54) is 6.07 Å². The van der Waals surface area contributed by atoms with Crippen molar-refractivity contribution in [2.45, 2.75) is 32.4 Å². The monoisotopic (exact) mass is 394 g/mol. The van der Waals surface area contributed by atoms with Crippen LogP contribution in [0.2, 0.25) is 5.02 Å². The van der Waals surface area contributed by atoms with Crippen LogP contribution in [0.25, 0.3) is 0 Å². The average molecular weight is 395 g/mol. The molecule has 2 aromatic carbocycles. The van der Waals surface area contributed by atoms with Gasteiger partial charge in [0.15, 0.2) is 0 Å². The maximum atomic E-state index is 12.8. The van der Waals surface area contributed by atoms with Crippen molar-refractivity contribution in [3.05, 3.63) is 65.2 Å². The van der Waals surface area contributed by atoms with Crippen molar-refractivity contribution in [2.24, 2.45) is 0 Å². The standard InChI is InChI=1S/C19H23ClN2O3S/c1-4-18(15-9-6-5-7-10-15)21-19(23)14(2)22(26(3,24)25)17-12-8-11-16(20)13-17/h5-14,18H,4H2,1-3H3,(H,21,23)/t14-,18-/m0/s1. The molecule has 0 fully saturated rings. The molecule has 0 radical (unpaired) electrons. The zero-order valence-electron chi connectivity index (χ0n) is 15.0. The van der Waals surface area contributed by atoms with Gasteiger partial charge in [0.1, 0.15) is 6.04 Å². The highest BCUT2D eigenvalue weighted by Crippen LogP contribution is 2.25. The van der Waals surface area contributed by atoms with E-state index in [-0.39, 0.29) is 11.9 Å². The molecule has 2 rings (SSSR count). The Balaban J connectivity index is 2.28. The van der Waals surface area contributed by atoms with E-state index in [2.05, 4.69) is 5.32 Å². The Morgan fingerprint density at radius 1 is 1.15 bits per heavy atom. The molecule has 0 unspecified atom stereocenters. The number of nitrogens with zero attached hydrogens (tertiary/aromatic N) is 1. The summed E-state index contributed by atoms with van der Waals surface area (Å²) in [6, 6.07) is 14.9. The third kappa shape index (κ3) is 4.99. The first-order valence-electron chi connectivity index (χ1n) is 8.34. The van der Waals surface area contributed by atoms with E-state index in [4.69, 9.17) is 11.6 Å². The fraction of sp³-hybridized carbons (Fsp3) is 0.316. The fourth-order valence-corrected chi connectivity index (χ4v) is 4.17. The Morgan fingerprint density at radius 2 is 1.81 bits per heavy atom. The molecule has 0 aliphatic rings. The van der Waals surface area contributed by atoms with E-state index in [0.717, 1.165) is 16.1 Å². The second-order valence-electron chi connectivity index (χ2n) is 6.09. The Hall–Kier alpha value is -2.05. The van der Waals surface area contributed by atoms with Crippen LogP contribution in [0, 0.1) is 0 Å². The van der Waals surface area contributed by atoms with Gasteiger partial charge in [0.25, 0.3) is 0 Å². The summed E-state index contributed by atoms with van der Waals surface area (Å²) in [6.45, 7) is 3.53. The van der Waals surface area contributed by atoms with Gasteiger partial charge in [-0.2, -0.15) is 0 Å². The summed E-state index contributed by atoms with van der Waals surface area (Å²) >= 11 is 5.99. The maximum Gasteiger partial charge on any atom is 0.244 e. The minimum atomic E-state index is -3.67. The largest absolute Gasteiger partial charge is 0.347 e. The molecule has 5 nitrogen and oxygen atoms in total. The molecule has 0 saturated carbocycles. The topological polar surface area (TPSA) is 66.5 Å². The lowest BCUT2D eigenvalue weighted by molar-refractivity contribution is -0.122. The minimum absolute atomic E-state index is 0.188. The molecular formula is C19H23ClN2O3S. The number of nitrogens with one attached hydrogen (secondary N) is 1. The zero-order chi connectivity index (χ0) is 19.3. The SMILES string of the molecule is CC[C@H](NC(=O)[C@H](C)N(c1cccc(Cl)c1)S(C)(=O)=O)c1ccccc1. The van der Waals surface area contributed by atoms with Crippen molar-refractivity contribution in [3.8, 4) is 0 Å². The normalized spacial score (nSPS) is 13.7. The lowest BCUT2D eigenvalue weighted by Crippen LogP contribution is -2.48. The van der Waals surface area contributed by atoms with Gasteiger partial charge in [-0.1, -0.05) is 54.9 Å². The number of hydrogen-bond acceptors (Lipinski definition) is 3. The van der Waals surface area contributed by atoms with Crippen LogP contribution in [0.15, 0.2) is 54.6 Å². The molecule has 0 bridgehead atoms. The van der Waals surface area contributed by atoms with Gasteiger partial charge >= 0.3 is 0 Å². The quantitative estimate of drug-likeness (QED) is 0.777. The van der Waals surface area contributed by atoms with Crippen LogP contribution in [0.3, 0.4) is 0 Å². The zero-order valence-corrected chi connectivity index (χ0v) is 16.6. The molecule has 0 aliphatic heterocycles. The summed E-state index contributed by atoms with van der Waals surface area (Å²) in [7, 11) is -3.67. The van der Waals surface area contributed by atoms with E-state index in [1.807, 2.05) is 37.3 Å². The van der Waals surface area contributed by atoms with Gasteiger partial charge < -0.3 is 5.32 Å². The molecule has 0 heterocycles. The van der Waals surface area contributed by atoms with E-state index in [9.17, 15) is 13.2 Å². The lowest BCUT2D eigenvalue weighted by Gasteiger charge is -2.30. The van der Waals surface area contributed by atoms with E-state index in [0.29, 0.717) is 17.1 Å². The first-order valence-corrected chi connectivity index (χ1v) is 10.6. The predicted octanol–water partition coefficient (Wildman–Crippen LogP) is 3.76. The fourth-order valence-electron chi connectivity index (χ4n) is 2.82. The summed E-state index contributed by atoms with van der Waals surface area (Å²) < 4.78 is 25.7. The molecule has 140 valence electrons. The highest BCUT2D eigenvalue weighted by atomic mass is 35.5. The second kappa shape index (κ2) is 8.56. The molecule has 0 aromatic heterocycles. The first kappa shape index (κ1) is 20.3. The molecule has 2 aromatic rings. The summed E-state index contributed by atoms with van der Waals surface area (Å²) in [6.07, 6.45) is 1.77. The number of carbonyl (C=O) groups is 1. The van der Waals surface area contributed by atoms with Crippen LogP contribution in [-0.4, -0.2) is 26.6 Å². The molecule has 1 amide bonds. The van der Waals surface area contributed by atoms with Crippen molar-refractivity contribution < 1.29 is 13.2 Å². The van der Waals surface area contributed by atoms with Crippen molar-refractivity contribution in [2.75, 3.05) is 10.6 Å². The summed E-state index contributed by atoms with van der Waals surface area (Å²) in [5.74, 6) is -0.369. The number of anilines is 1. The predicted molar refractivity (Wildman–Crippen MR) is 106 cm³/mol. The molecule has 7 heteroatoms. The number of halogens is 1. The maximum absolute atomic E-state index is 12.8. The van der Waals surface area contributed by atoms with Crippen molar-refractivity contribution >= 4 is 33.2 Å². The third-order valence-corrected chi connectivity index (χ3v) is 5.55. The highest BCUT2D eigenvalue weighted by Gasteiger charge is 2.30. The minimum Gasteiger partial charge on any atom is -0.347 e. The van der Waals surface area contributed by atoms with Gasteiger partial charge in [-0.05, 0) is 37.1 Å². The highest BCUT2D eigenvalue weighted by molar-refractivity contribution is 7.92. The van der Waals surface area contributed by atoms with Crippen LogP contribution in [-0.2, 0) is 14.8 Å². The van der Waals surface area contributed by atoms with E-state index < -0.39 is 16.1 Å². The molecule has 2 atom stereocenters. The third-order valence-electron chi connectivity index (χ3n) is 4.08. The van der Waals surface area contributed by atoms with Crippen molar-refractivity contribution in [1.82, 2.24) is 5.32 Å². The van der Waals surface area contributed by atoms with Crippen LogP contribution < -0.4 is 9.62 Å². The Kier molecular flexibility index (Phi) is 6.67. The van der Waals surface area contributed by atoms with Crippen LogP contribution in [0.4, 0.5) is 5.69 Å². The summed E-state index contributed by atoms with van der Waals surface area (Å²) in [4.78, 5) is 12.8. The summed E-state index contributed by atoms with van der Waals surface area (Å²) in [5.41, 5.74) is 1.33. The Labute approximate surface area is 160 Å². The average Bonchev–Trinajstić information content (AvgIpc) is 2.59. The van der Waals surface area contributed by atoms with E-state index >= 15 is 0 Å². The van der Waals surface area contributed by atoms with Gasteiger partial charge in [0.2, 0.25) is 15.9 Å². The van der Waals surface area contributed by atoms with Crippen LogP contribution in [0.1, 0.15) is 31.9 Å². The number of sulfonamides is 1. The van der Waals surface area contributed by atoms with Gasteiger partial charge in [0, 0.05) is 5.02 Å². The molecule has 1 N–H and O–H groups in total. The molecule has 0 aliphatic carbocycles. The Morgan fingerprint density at radius 3 is 2.35 bits per heavy atom. The van der Waals surface area contributed by atoms with Gasteiger partial charge in [-0.15, -0.1) is 0 Å². The van der Waals surface area contributed by atoms with E-state index in [1.54, 1.807) is 25.1 Å².